The summed E-state index contributed by atoms with van der Waals surface area (Å²) in [6.45, 7) is 3.07. The van der Waals surface area contributed by atoms with Crippen molar-refractivity contribution in [2.24, 2.45) is 5.92 Å². The fourth-order valence-electron chi connectivity index (χ4n) is 4.49. The molecule has 1 saturated heterocycles. The molecule has 1 aliphatic heterocycles. The molecule has 3 N–H and O–H groups in total. The lowest BCUT2D eigenvalue weighted by molar-refractivity contribution is 0.275. The number of benzene rings is 2. The molecule has 0 radical (unpaired) electrons. The molecule has 11 heteroatoms. The van der Waals surface area contributed by atoms with Crippen LogP contribution in [0.4, 0.5) is 5.82 Å². The lowest BCUT2D eigenvalue weighted by Gasteiger charge is -2.32. The molecule has 0 spiro atoms. The number of halogens is 1. The van der Waals surface area contributed by atoms with Gasteiger partial charge in [0.1, 0.15) is 17.3 Å². The van der Waals surface area contributed by atoms with Gasteiger partial charge in [-0.3, -0.25) is 0 Å². The molecule has 5 rings (SSSR count). The number of hydrogen-bond donors (Lipinski definition) is 3. The zero-order valence-electron chi connectivity index (χ0n) is 19.6. The summed E-state index contributed by atoms with van der Waals surface area (Å²) >= 11 is 3.49. The molecule has 3 heterocycles. The highest BCUT2D eigenvalue weighted by Gasteiger charge is 2.30. The molecule has 2 aromatic carbocycles. The number of rotatable bonds is 6. The summed E-state index contributed by atoms with van der Waals surface area (Å²) in [7, 11) is -3.66. The monoisotopic (exact) mass is 571 g/mol. The molecule has 0 saturated carbocycles. The summed E-state index contributed by atoms with van der Waals surface area (Å²) in [5, 5.41) is 28.0. The van der Waals surface area contributed by atoms with Gasteiger partial charge in [0, 0.05) is 31.3 Å². The van der Waals surface area contributed by atoms with E-state index in [1.165, 1.54) is 22.5 Å². The Morgan fingerprint density at radius 1 is 1.14 bits per heavy atom. The minimum atomic E-state index is -3.66. The molecule has 1 fully saturated rings. The van der Waals surface area contributed by atoms with Crippen LogP contribution < -0.4 is 5.32 Å². The number of sulfonamides is 1. The predicted octanol–water partition coefficient (Wildman–Crippen LogP) is 4.39. The molecular weight excluding hydrogens is 546 g/mol. The first kappa shape index (κ1) is 24.5. The third-order valence-electron chi connectivity index (χ3n) is 6.47. The Morgan fingerprint density at radius 3 is 2.72 bits per heavy atom. The number of piperidine rings is 1. The second-order valence-corrected chi connectivity index (χ2v) is 11.8. The minimum absolute atomic E-state index is 0.0757. The number of para-hydroxylation sites is 1. The number of nitrogens with zero attached hydrogens (tertiary/aromatic N) is 4. The summed E-state index contributed by atoms with van der Waals surface area (Å²) < 4.78 is 30.4. The molecule has 1 aliphatic rings. The fourth-order valence-corrected chi connectivity index (χ4v) is 6.48. The molecule has 36 heavy (non-hydrogen) atoms. The summed E-state index contributed by atoms with van der Waals surface area (Å²) in [5.41, 5.74) is 2.34. The van der Waals surface area contributed by atoms with E-state index in [4.69, 9.17) is 0 Å². The van der Waals surface area contributed by atoms with Crippen LogP contribution in [0.2, 0.25) is 0 Å². The highest BCUT2D eigenvalue weighted by molar-refractivity contribution is 9.10. The van der Waals surface area contributed by atoms with Gasteiger partial charge in [0.15, 0.2) is 5.65 Å². The average molecular weight is 572 g/mol. The average Bonchev–Trinajstić information content (AvgIpc) is 3.25. The maximum absolute atomic E-state index is 13.3. The number of phenolic OH excluding ortho intramolecular Hbond substituents is 2. The Balaban J connectivity index is 1.37. The van der Waals surface area contributed by atoms with E-state index in [1.54, 1.807) is 35.8 Å². The molecule has 0 amide bonds. The largest absolute Gasteiger partial charge is 0.508 e. The zero-order valence-corrected chi connectivity index (χ0v) is 22.0. The number of aromatic hydroxyl groups is 2. The van der Waals surface area contributed by atoms with Crippen molar-refractivity contribution in [3.05, 3.63) is 64.8 Å². The van der Waals surface area contributed by atoms with E-state index in [9.17, 15) is 18.6 Å². The van der Waals surface area contributed by atoms with Gasteiger partial charge in [-0.05, 0) is 77.5 Å². The van der Waals surface area contributed by atoms with Gasteiger partial charge in [-0.25, -0.2) is 13.4 Å². The van der Waals surface area contributed by atoms with Crippen molar-refractivity contribution in [3.8, 4) is 22.8 Å². The summed E-state index contributed by atoms with van der Waals surface area (Å²) in [6.07, 6.45) is 3.30. The van der Waals surface area contributed by atoms with Gasteiger partial charge in [-0.2, -0.15) is 13.9 Å². The standard InChI is InChI=1S/C25H26BrN5O4S/c1-16-11-18(8-9-22(16)32)36(34,35)30-10-4-5-17(15-30)13-27-24-12-21(19-6-2-3-7-23(19)33)29-25-20(26)14-28-31(24)25/h2-3,6-9,11-12,14,17,27,32-33H,4-5,10,13,15H2,1H3. The lowest BCUT2D eigenvalue weighted by Crippen LogP contribution is -2.41. The van der Waals surface area contributed by atoms with Crippen LogP contribution in [0.25, 0.3) is 16.9 Å². The highest BCUT2D eigenvalue weighted by Crippen LogP contribution is 2.32. The zero-order chi connectivity index (χ0) is 25.4. The van der Waals surface area contributed by atoms with E-state index >= 15 is 0 Å². The number of aryl methyl sites for hydroxylation is 1. The van der Waals surface area contributed by atoms with Crippen LogP contribution in [-0.2, 0) is 10.0 Å². The normalized spacial score (nSPS) is 16.9. The number of aromatic nitrogens is 3. The number of hydrogen-bond acceptors (Lipinski definition) is 7. The fraction of sp³-hybridized carbons (Fsp3) is 0.280. The molecular formula is C25H26BrN5O4S. The Morgan fingerprint density at radius 2 is 1.94 bits per heavy atom. The van der Waals surface area contributed by atoms with E-state index in [0.717, 1.165) is 17.3 Å². The number of anilines is 1. The molecule has 0 aliphatic carbocycles. The van der Waals surface area contributed by atoms with Crippen LogP contribution in [0.5, 0.6) is 11.5 Å². The first-order valence-corrected chi connectivity index (χ1v) is 13.8. The summed E-state index contributed by atoms with van der Waals surface area (Å²) in [6, 6.07) is 13.2. The molecule has 9 nitrogen and oxygen atoms in total. The minimum Gasteiger partial charge on any atom is -0.508 e. The van der Waals surface area contributed by atoms with E-state index in [-0.39, 0.29) is 22.3 Å². The molecule has 2 aromatic heterocycles. The molecule has 188 valence electrons. The van der Waals surface area contributed by atoms with Crippen molar-refractivity contribution in [2.75, 3.05) is 25.0 Å². The first-order valence-electron chi connectivity index (χ1n) is 11.6. The van der Waals surface area contributed by atoms with Crippen molar-refractivity contribution in [1.82, 2.24) is 18.9 Å². The van der Waals surface area contributed by atoms with Gasteiger partial charge in [-0.15, -0.1) is 0 Å². The number of fused-ring (bicyclic) bond motifs is 1. The van der Waals surface area contributed by atoms with E-state index < -0.39 is 10.0 Å². The molecule has 4 aromatic rings. The van der Waals surface area contributed by atoms with Crippen LogP contribution in [0, 0.1) is 12.8 Å². The second-order valence-electron chi connectivity index (χ2n) is 8.97. The first-order chi connectivity index (χ1) is 17.2. The predicted molar refractivity (Wildman–Crippen MR) is 141 cm³/mol. The second kappa shape index (κ2) is 9.72. The van der Waals surface area contributed by atoms with Gasteiger partial charge >= 0.3 is 0 Å². The van der Waals surface area contributed by atoms with Gasteiger partial charge in [0.25, 0.3) is 0 Å². The maximum Gasteiger partial charge on any atom is 0.243 e. The van der Waals surface area contributed by atoms with Crippen LogP contribution in [0.15, 0.2) is 64.1 Å². The Kier molecular flexibility index (Phi) is 6.62. The van der Waals surface area contributed by atoms with Crippen molar-refractivity contribution < 1.29 is 18.6 Å². The van der Waals surface area contributed by atoms with E-state index in [2.05, 4.69) is 31.3 Å². The smallest absolute Gasteiger partial charge is 0.243 e. The van der Waals surface area contributed by atoms with Gasteiger partial charge in [-0.1, -0.05) is 12.1 Å². The third-order valence-corrected chi connectivity index (χ3v) is 8.89. The lowest BCUT2D eigenvalue weighted by atomic mass is 10.00. The quantitative estimate of drug-likeness (QED) is 0.314. The van der Waals surface area contributed by atoms with Crippen molar-refractivity contribution in [2.45, 2.75) is 24.7 Å². The number of phenols is 2. The van der Waals surface area contributed by atoms with Gasteiger partial charge in [0.2, 0.25) is 10.0 Å². The van der Waals surface area contributed by atoms with Crippen molar-refractivity contribution in [1.29, 1.82) is 0 Å². The summed E-state index contributed by atoms with van der Waals surface area (Å²) in [5.74, 6) is 0.987. The van der Waals surface area contributed by atoms with E-state index in [1.807, 2.05) is 12.1 Å². The molecule has 1 unspecified atom stereocenters. The van der Waals surface area contributed by atoms with Crippen molar-refractivity contribution >= 4 is 37.4 Å². The van der Waals surface area contributed by atoms with Crippen LogP contribution >= 0.6 is 15.9 Å². The molecule has 1 atom stereocenters. The third kappa shape index (κ3) is 4.65. The van der Waals surface area contributed by atoms with Crippen LogP contribution in [-0.4, -0.2) is 57.2 Å². The summed E-state index contributed by atoms with van der Waals surface area (Å²) in [4.78, 5) is 4.85. The SMILES string of the molecule is Cc1cc(S(=O)(=O)N2CCCC(CNc3cc(-c4ccccc4O)nc4c(Br)cnn34)C2)ccc1O. The van der Waals surface area contributed by atoms with Gasteiger partial charge < -0.3 is 15.5 Å². The van der Waals surface area contributed by atoms with E-state index in [0.29, 0.717) is 47.9 Å². The van der Waals surface area contributed by atoms with Crippen molar-refractivity contribution in [3.63, 3.8) is 0 Å². The van der Waals surface area contributed by atoms with Gasteiger partial charge in [0.05, 0.1) is 21.3 Å². The topological polar surface area (TPSA) is 120 Å². The van der Waals surface area contributed by atoms with Crippen LogP contribution in [0.1, 0.15) is 18.4 Å². The number of nitrogens with one attached hydrogen (secondary N) is 1. The van der Waals surface area contributed by atoms with Crippen LogP contribution in [0.3, 0.4) is 0 Å². The highest BCUT2D eigenvalue weighted by atomic mass is 79.9. The Labute approximate surface area is 217 Å². The Hall–Kier alpha value is -3.15. The molecule has 0 bridgehead atoms. The maximum atomic E-state index is 13.3. The Bertz CT molecular complexity index is 1540.